The highest BCUT2D eigenvalue weighted by atomic mass is 19.4. The number of aryl methyl sites for hydroxylation is 1. The molecule has 0 saturated carbocycles. The highest BCUT2D eigenvalue weighted by Crippen LogP contribution is 2.33. The number of hydrogen-bond donors (Lipinski definition) is 1. The average molecular weight is 367 g/mol. The lowest BCUT2D eigenvalue weighted by Gasteiger charge is -2.24. The molecule has 0 aliphatic heterocycles. The minimum absolute atomic E-state index is 0.193. The van der Waals surface area contributed by atoms with Crippen molar-refractivity contribution in [1.82, 2.24) is 15.1 Å². The lowest BCUT2D eigenvalue weighted by molar-refractivity contribution is -0.137. The Hall–Kier alpha value is -2.64. The number of hydrogen-bond acceptors (Lipinski definition) is 3. The smallest absolute Gasteiger partial charge is 0.346 e. The van der Waals surface area contributed by atoms with Crippen LogP contribution in [0.5, 0.6) is 0 Å². The number of aromatic nitrogens is 2. The summed E-state index contributed by atoms with van der Waals surface area (Å²) in [7, 11) is 0. The van der Waals surface area contributed by atoms with Crippen LogP contribution in [-0.2, 0) is 6.18 Å². The first-order valence-electron chi connectivity index (χ1n) is 8.06. The number of para-hydroxylation sites is 1. The Morgan fingerprint density at radius 2 is 1.85 bits per heavy atom. The number of rotatable bonds is 4. The number of alkyl halides is 3. The number of benzene rings is 1. The SMILES string of the molecule is CCC(C)(C)NC(=O)c1nn(-c2ccccc2C(F)(F)F)c(C)cc1=O. The molecule has 1 aromatic carbocycles. The van der Waals surface area contributed by atoms with E-state index in [1.165, 1.54) is 25.1 Å². The van der Waals surface area contributed by atoms with Gasteiger partial charge < -0.3 is 5.32 Å². The van der Waals surface area contributed by atoms with Crippen LogP contribution < -0.4 is 10.7 Å². The molecule has 0 bridgehead atoms. The van der Waals surface area contributed by atoms with Gasteiger partial charge in [0.15, 0.2) is 5.69 Å². The van der Waals surface area contributed by atoms with E-state index in [1.807, 2.05) is 6.92 Å². The summed E-state index contributed by atoms with van der Waals surface area (Å²) in [6.45, 7) is 6.87. The summed E-state index contributed by atoms with van der Waals surface area (Å²) in [4.78, 5) is 24.6. The van der Waals surface area contributed by atoms with Gasteiger partial charge >= 0.3 is 6.18 Å². The monoisotopic (exact) mass is 367 g/mol. The van der Waals surface area contributed by atoms with Crippen LogP contribution in [-0.4, -0.2) is 21.2 Å². The van der Waals surface area contributed by atoms with Gasteiger partial charge in [0.05, 0.1) is 11.3 Å². The largest absolute Gasteiger partial charge is 0.418 e. The molecular formula is C18H20F3N3O2. The average Bonchev–Trinajstić information content (AvgIpc) is 2.53. The molecule has 8 heteroatoms. The molecule has 2 aromatic rings. The molecule has 0 spiro atoms. The third-order valence-electron chi connectivity index (χ3n) is 4.10. The molecule has 0 atom stereocenters. The second-order valence-corrected chi connectivity index (χ2v) is 6.62. The third-order valence-corrected chi connectivity index (χ3v) is 4.10. The van der Waals surface area contributed by atoms with Crippen molar-refractivity contribution >= 4 is 5.91 Å². The van der Waals surface area contributed by atoms with E-state index in [0.717, 1.165) is 16.8 Å². The van der Waals surface area contributed by atoms with Crippen LogP contribution in [0.3, 0.4) is 0 Å². The Bertz CT molecular complexity index is 886. The van der Waals surface area contributed by atoms with Gasteiger partial charge in [-0.05, 0) is 39.3 Å². The Morgan fingerprint density at radius 3 is 2.42 bits per heavy atom. The number of nitrogens with zero attached hydrogens (tertiary/aromatic N) is 2. The first kappa shape index (κ1) is 19.7. The van der Waals surface area contributed by atoms with Crippen molar-refractivity contribution in [3.8, 4) is 5.69 Å². The van der Waals surface area contributed by atoms with Crippen molar-refractivity contribution in [3.63, 3.8) is 0 Å². The Kier molecular flexibility index (Phi) is 5.25. The van der Waals surface area contributed by atoms with Crippen LogP contribution >= 0.6 is 0 Å². The normalized spacial score (nSPS) is 12.1. The summed E-state index contributed by atoms with van der Waals surface area (Å²) < 4.78 is 40.8. The van der Waals surface area contributed by atoms with Gasteiger partial charge in [-0.3, -0.25) is 9.59 Å². The number of carbonyl (C=O) groups excluding carboxylic acids is 1. The maximum atomic E-state index is 13.3. The van der Waals surface area contributed by atoms with Gasteiger partial charge in [-0.25, -0.2) is 4.68 Å². The number of amides is 1. The zero-order valence-corrected chi connectivity index (χ0v) is 14.9. The van der Waals surface area contributed by atoms with E-state index in [-0.39, 0.29) is 11.4 Å². The third kappa shape index (κ3) is 4.12. The molecule has 1 aromatic heterocycles. The molecule has 0 unspecified atom stereocenters. The first-order valence-corrected chi connectivity index (χ1v) is 8.06. The Morgan fingerprint density at radius 1 is 1.23 bits per heavy atom. The van der Waals surface area contributed by atoms with Crippen LogP contribution in [0.15, 0.2) is 35.1 Å². The van der Waals surface area contributed by atoms with Crippen molar-refractivity contribution in [2.75, 3.05) is 0 Å². The van der Waals surface area contributed by atoms with Gasteiger partial charge in [0, 0.05) is 17.3 Å². The molecule has 2 rings (SSSR count). The highest BCUT2D eigenvalue weighted by Gasteiger charge is 2.34. The second-order valence-electron chi connectivity index (χ2n) is 6.62. The zero-order valence-electron chi connectivity index (χ0n) is 14.9. The van der Waals surface area contributed by atoms with E-state index in [1.54, 1.807) is 13.8 Å². The molecule has 140 valence electrons. The topological polar surface area (TPSA) is 64.0 Å². The van der Waals surface area contributed by atoms with Crippen LogP contribution in [0.4, 0.5) is 13.2 Å². The standard InChI is InChI=1S/C18H20F3N3O2/c1-5-17(3,4)22-16(26)15-14(25)10-11(2)24(23-15)13-9-7-6-8-12(13)18(19,20)21/h6-10H,5H2,1-4H3,(H,22,26). The van der Waals surface area contributed by atoms with Crippen LogP contribution in [0.25, 0.3) is 5.69 Å². The first-order chi connectivity index (χ1) is 12.0. The highest BCUT2D eigenvalue weighted by molar-refractivity contribution is 5.92. The second kappa shape index (κ2) is 6.93. The molecule has 26 heavy (non-hydrogen) atoms. The summed E-state index contributed by atoms with van der Waals surface area (Å²) >= 11 is 0. The fourth-order valence-electron chi connectivity index (χ4n) is 2.30. The molecule has 5 nitrogen and oxygen atoms in total. The van der Waals surface area contributed by atoms with Crippen LogP contribution in [0.1, 0.15) is 48.9 Å². The van der Waals surface area contributed by atoms with E-state index in [2.05, 4.69) is 10.4 Å². The molecular weight excluding hydrogens is 347 g/mol. The molecule has 1 amide bonds. The molecule has 1 heterocycles. The number of nitrogens with one attached hydrogen (secondary N) is 1. The van der Waals surface area contributed by atoms with Crippen molar-refractivity contribution in [1.29, 1.82) is 0 Å². The number of halogens is 3. The molecule has 0 radical (unpaired) electrons. The lowest BCUT2D eigenvalue weighted by atomic mass is 10.0. The quantitative estimate of drug-likeness (QED) is 0.900. The van der Waals surface area contributed by atoms with Gasteiger partial charge in [0.25, 0.3) is 5.91 Å². The fraction of sp³-hybridized carbons (Fsp3) is 0.389. The minimum atomic E-state index is -4.60. The van der Waals surface area contributed by atoms with E-state index < -0.39 is 34.3 Å². The predicted molar refractivity (Wildman–Crippen MR) is 91.4 cm³/mol. The van der Waals surface area contributed by atoms with Gasteiger partial charge in [0.1, 0.15) is 0 Å². The number of carbonyl (C=O) groups is 1. The summed E-state index contributed by atoms with van der Waals surface area (Å²) in [5, 5.41) is 6.60. The Labute approximate surface area is 148 Å². The van der Waals surface area contributed by atoms with Gasteiger partial charge in [-0.2, -0.15) is 18.3 Å². The van der Waals surface area contributed by atoms with Crippen LogP contribution in [0.2, 0.25) is 0 Å². The molecule has 1 N–H and O–H groups in total. The minimum Gasteiger partial charge on any atom is -0.346 e. The van der Waals surface area contributed by atoms with E-state index in [0.29, 0.717) is 6.42 Å². The van der Waals surface area contributed by atoms with Crippen molar-refractivity contribution in [2.24, 2.45) is 0 Å². The summed E-state index contributed by atoms with van der Waals surface area (Å²) in [6, 6.07) is 5.97. The van der Waals surface area contributed by atoms with E-state index in [9.17, 15) is 22.8 Å². The molecule has 0 aliphatic rings. The molecule has 0 aliphatic carbocycles. The zero-order chi connectivity index (χ0) is 19.7. The predicted octanol–water partition coefficient (Wildman–Crippen LogP) is 3.48. The van der Waals surface area contributed by atoms with Gasteiger partial charge in [-0.1, -0.05) is 19.1 Å². The van der Waals surface area contributed by atoms with Crippen molar-refractivity contribution in [2.45, 2.75) is 45.8 Å². The maximum absolute atomic E-state index is 13.3. The Balaban J connectivity index is 2.61. The van der Waals surface area contributed by atoms with Crippen molar-refractivity contribution < 1.29 is 18.0 Å². The summed E-state index contributed by atoms with van der Waals surface area (Å²) in [6.07, 6.45) is -3.99. The molecule has 0 fully saturated rings. The summed E-state index contributed by atoms with van der Waals surface area (Å²) in [5.74, 6) is -0.722. The fourth-order valence-corrected chi connectivity index (χ4v) is 2.30. The van der Waals surface area contributed by atoms with Crippen LogP contribution in [0, 0.1) is 6.92 Å². The van der Waals surface area contributed by atoms with E-state index in [4.69, 9.17) is 0 Å². The maximum Gasteiger partial charge on any atom is 0.418 e. The molecule has 0 saturated heterocycles. The van der Waals surface area contributed by atoms with Gasteiger partial charge in [0.2, 0.25) is 5.43 Å². The van der Waals surface area contributed by atoms with Crippen molar-refractivity contribution in [3.05, 3.63) is 57.5 Å². The van der Waals surface area contributed by atoms with E-state index >= 15 is 0 Å². The summed E-state index contributed by atoms with van der Waals surface area (Å²) in [5.41, 5.74) is -2.63. The van der Waals surface area contributed by atoms with Gasteiger partial charge in [-0.15, -0.1) is 0 Å². The lowest BCUT2D eigenvalue weighted by Crippen LogP contribution is -2.45.